The minimum absolute atomic E-state index is 0. The Labute approximate surface area is 140 Å². The summed E-state index contributed by atoms with van der Waals surface area (Å²) in [6.07, 6.45) is 12.6. The van der Waals surface area contributed by atoms with Crippen LogP contribution in [0.5, 0.6) is 0 Å². The molecule has 0 saturated carbocycles. The number of carbonyl (C=O) groups is 1. The molecule has 0 radical (unpaired) electrons. The van der Waals surface area contributed by atoms with Crippen molar-refractivity contribution in [1.29, 1.82) is 0 Å². The normalized spacial score (nSPS) is 11.9. The molecule has 0 unspecified atom stereocenters. The first-order valence-corrected chi connectivity index (χ1v) is 7.57. The smallest absolute Gasteiger partial charge is 0.547 e. The van der Waals surface area contributed by atoms with E-state index < -0.39 is 12.1 Å². The van der Waals surface area contributed by atoms with Crippen LogP contribution in [0.2, 0.25) is 0 Å². The summed E-state index contributed by atoms with van der Waals surface area (Å²) >= 11 is 0. The number of carboxylic acid groups (broad SMARTS) is 1. The second-order valence-corrected chi connectivity index (χ2v) is 5.16. The molecule has 0 aliphatic carbocycles. The van der Waals surface area contributed by atoms with Crippen molar-refractivity contribution in [3.05, 3.63) is 0 Å². The molecule has 0 aromatic heterocycles. The Morgan fingerprint density at radius 2 is 1.26 bits per heavy atom. The van der Waals surface area contributed by atoms with E-state index in [9.17, 15) is 9.90 Å². The molecule has 1 N–H and O–H groups in total. The second kappa shape index (κ2) is 16.5. The van der Waals surface area contributed by atoms with Crippen LogP contribution in [0.15, 0.2) is 0 Å². The molecule has 0 amide bonds. The molecule has 4 heteroatoms. The fraction of sp³-hybridized carbons (Fsp3) is 0.933. The number of carbonyl (C=O) groups excluding carboxylic acids is 1. The summed E-state index contributed by atoms with van der Waals surface area (Å²) < 4.78 is 0. The van der Waals surface area contributed by atoms with Crippen molar-refractivity contribution in [2.75, 3.05) is 0 Å². The van der Waals surface area contributed by atoms with E-state index in [4.69, 9.17) is 5.11 Å². The third-order valence-electron chi connectivity index (χ3n) is 3.35. The molecule has 19 heavy (non-hydrogen) atoms. The molecule has 0 rings (SSSR count). The van der Waals surface area contributed by atoms with E-state index in [0.29, 0.717) is 6.42 Å². The number of carboxylic acids is 1. The van der Waals surface area contributed by atoms with E-state index >= 15 is 0 Å². The van der Waals surface area contributed by atoms with Gasteiger partial charge in [0.25, 0.3) is 0 Å². The molecule has 0 aromatic rings. The molecular weight excluding hydrogens is 251 g/mol. The third-order valence-corrected chi connectivity index (χ3v) is 3.35. The van der Waals surface area contributed by atoms with Crippen molar-refractivity contribution in [2.45, 2.75) is 90.1 Å². The molecule has 0 saturated heterocycles. The number of hydrogen-bond acceptors (Lipinski definition) is 3. The van der Waals surface area contributed by atoms with E-state index in [0.717, 1.165) is 19.3 Å². The Hall–Kier alpha value is 0.430. The van der Waals surface area contributed by atoms with Crippen LogP contribution >= 0.6 is 0 Å². The zero-order valence-electron chi connectivity index (χ0n) is 12.8. The SMILES string of the molecule is CCCCCCCCCCCCC[C@H](O)C(=O)[O-].[Na+]. The van der Waals surface area contributed by atoms with Crippen LogP contribution in [0.3, 0.4) is 0 Å². The summed E-state index contributed by atoms with van der Waals surface area (Å²) in [4.78, 5) is 10.3. The maximum absolute atomic E-state index is 10.3. The molecule has 0 heterocycles. The predicted octanol–water partition coefficient (Wildman–Crippen LogP) is -0.198. The maximum atomic E-state index is 10.3. The quantitative estimate of drug-likeness (QED) is 0.375. The monoisotopic (exact) mass is 280 g/mol. The van der Waals surface area contributed by atoms with Crippen molar-refractivity contribution < 1.29 is 44.6 Å². The van der Waals surface area contributed by atoms with Gasteiger partial charge in [0.2, 0.25) is 0 Å². The van der Waals surface area contributed by atoms with Crippen molar-refractivity contribution in [2.24, 2.45) is 0 Å². The largest absolute Gasteiger partial charge is 1.00 e. The van der Waals surface area contributed by atoms with Crippen molar-refractivity contribution in [3.63, 3.8) is 0 Å². The van der Waals surface area contributed by atoms with Gasteiger partial charge in [-0.05, 0) is 6.42 Å². The van der Waals surface area contributed by atoms with Crippen LogP contribution in [0.25, 0.3) is 0 Å². The first kappa shape index (κ1) is 21.7. The molecule has 0 aromatic carbocycles. The van der Waals surface area contributed by atoms with E-state index in [1.54, 1.807) is 0 Å². The van der Waals surface area contributed by atoms with Crippen LogP contribution in [-0.4, -0.2) is 17.2 Å². The molecule has 0 fully saturated rings. The van der Waals surface area contributed by atoms with Crippen LogP contribution < -0.4 is 34.7 Å². The van der Waals surface area contributed by atoms with Crippen LogP contribution in [0.4, 0.5) is 0 Å². The fourth-order valence-corrected chi connectivity index (χ4v) is 2.12. The van der Waals surface area contributed by atoms with Gasteiger partial charge in [0.1, 0.15) is 0 Å². The maximum Gasteiger partial charge on any atom is 1.00 e. The molecule has 3 nitrogen and oxygen atoms in total. The summed E-state index contributed by atoms with van der Waals surface area (Å²) in [5.41, 5.74) is 0. The average Bonchev–Trinajstić information content (AvgIpc) is 2.35. The predicted molar refractivity (Wildman–Crippen MR) is 72.1 cm³/mol. The van der Waals surface area contributed by atoms with Gasteiger partial charge in [0.05, 0.1) is 12.1 Å². The zero-order valence-corrected chi connectivity index (χ0v) is 14.8. The molecule has 1 atom stereocenters. The Balaban J connectivity index is 0. The van der Waals surface area contributed by atoms with Gasteiger partial charge in [-0.15, -0.1) is 0 Å². The molecular formula is C15H29NaO3. The molecule has 0 bridgehead atoms. The summed E-state index contributed by atoms with van der Waals surface area (Å²) in [5.74, 6) is -1.35. The summed E-state index contributed by atoms with van der Waals surface area (Å²) in [6, 6.07) is 0. The van der Waals surface area contributed by atoms with Crippen LogP contribution in [0, 0.1) is 0 Å². The Morgan fingerprint density at radius 1 is 0.895 bits per heavy atom. The summed E-state index contributed by atoms with van der Waals surface area (Å²) in [7, 11) is 0. The van der Waals surface area contributed by atoms with Gasteiger partial charge in [-0.1, -0.05) is 77.6 Å². The minimum Gasteiger partial charge on any atom is -0.547 e. The van der Waals surface area contributed by atoms with Crippen LogP contribution in [-0.2, 0) is 4.79 Å². The zero-order chi connectivity index (χ0) is 13.6. The number of aliphatic carboxylic acids is 1. The number of aliphatic hydroxyl groups is 1. The van der Waals surface area contributed by atoms with E-state index in [2.05, 4.69) is 6.92 Å². The minimum atomic E-state index is -1.35. The van der Waals surface area contributed by atoms with E-state index in [1.165, 1.54) is 51.4 Å². The summed E-state index contributed by atoms with van der Waals surface area (Å²) in [6.45, 7) is 2.23. The number of aliphatic hydroxyl groups excluding tert-OH is 1. The van der Waals surface area contributed by atoms with E-state index in [-0.39, 0.29) is 29.6 Å². The van der Waals surface area contributed by atoms with Gasteiger partial charge in [0.15, 0.2) is 0 Å². The van der Waals surface area contributed by atoms with Gasteiger partial charge in [0, 0.05) is 0 Å². The first-order valence-electron chi connectivity index (χ1n) is 7.57. The van der Waals surface area contributed by atoms with Gasteiger partial charge < -0.3 is 15.0 Å². The number of unbranched alkanes of at least 4 members (excludes halogenated alkanes) is 10. The van der Waals surface area contributed by atoms with Crippen molar-refractivity contribution >= 4 is 5.97 Å². The summed E-state index contributed by atoms with van der Waals surface area (Å²) in [5, 5.41) is 19.3. The second-order valence-electron chi connectivity index (χ2n) is 5.16. The number of hydrogen-bond donors (Lipinski definition) is 1. The Kier molecular flexibility index (Phi) is 18.8. The molecule has 0 aliphatic heterocycles. The van der Waals surface area contributed by atoms with Gasteiger partial charge in [-0.25, -0.2) is 0 Å². The van der Waals surface area contributed by atoms with E-state index in [1.807, 2.05) is 0 Å². The van der Waals surface area contributed by atoms with Gasteiger partial charge >= 0.3 is 29.6 Å². The third kappa shape index (κ3) is 16.4. The van der Waals surface area contributed by atoms with Crippen molar-refractivity contribution in [1.82, 2.24) is 0 Å². The molecule has 108 valence electrons. The van der Waals surface area contributed by atoms with Gasteiger partial charge in [-0.2, -0.15) is 0 Å². The van der Waals surface area contributed by atoms with Gasteiger partial charge in [-0.3, -0.25) is 0 Å². The van der Waals surface area contributed by atoms with Crippen molar-refractivity contribution in [3.8, 4) is 0 Å². The Morgan fingerprint density at radius 3 is 1.63 bits per heavy atom. The Bertz CT molecular complexity index is 198. The molecule has 0 aliphatic rings. The fourth-order valence-electron chi connectivity index (χ4n) is 2.12. The average molecular weight is 280 g/mol. The van der Waals surface area contributed by atoms with Crippen LogP contribution in [0.1, 0.15) is 84.0 Å². The topological polar surface area (TPSA) is 60.4 Å². The molecule has 0 spiro atoms. The number of rotatable bonds is 13. The first-order chi connectivity index (χ1) is 8.68. The standard InChI is InChI=1S/C15H30O3.Na/c1-2-3-4-5-6-7-8-9-10-11-12-13-14(16)15(17)18;/h14,16H,2-13H2,1H3,(H,17,18);/q;+1/p-1/t14-;/m0./s1.